The SMILES string of the molecule is Clc1ccc2c(c1)oc1cc(OCC[N+]3(Cc4cccc5ccccc45)CCCCC3)ccc12. The second kappa shape index (κ2) is 8.98. The minimum atomic E-state index is 0.685. The van der Waals surface area contributed by atoms with Gasteiger partial charge in [-0.3, -0.25) is 0 Å². The number of quaternary nitrogens is 1. The van der Waals surface area contributed by atoms with E-state index in [2.05, 4.69) is 54.6 Å². The van der Waals surface area contributed by atoms with Gasteiger partial charge >= 0.3 is 0 Å². The van der Waals surface area contributed by atoms with Gasteiger partial charge in [0.1, 0.15) is 36.6 Å². The molecule has 0 bridgehead atoms. The fourth-order valence-electron chi connectivity index (χ4n) is 5.61. The lowest BCUT2D eigenvalue weighted by molar-refractivity contribution is -0.945. The van der Waals surface area contributed by atoms with Crippen LogP contribution in [-0.4, -0.2) is 30.7 Å². The quantitative estimate of drug-likeness (QED) is 0.235. The molecule has 0 saturated carbocycles. The summed E-state index contributed by atoms with van der Waals surface area (Å²) in [6.45, 7) is 5.21. The molecule has 0 radical (unpaired) electrons. The van der Waals surface area contributed by atoms with Crippen LogP contribution in [0.1, 0.15) is 24.8 Å². The van der Waals surface area contributed by atoms with Crippen LogP contribution < -0.4 is 4.74 Å². The van der Waals surface area contributed by atoms with Crippen LogP contribution in [0.4, 0.5) is 0 Å². The van der Waals surface area contributed by atoms with Gasteiger partial charge in [-0.2, -0.15) is 0 Å². The van der Waals surface area contributed by atoms with E-state index in [1.165, 1.54) is 48.7 Å². The van der Waals surface area contributed by atoms with Crippen molar-refractivity contribution in [2.45, 2.75) is 25.8 Å². The number of hydrogen-bond acceptors (Lipinski definition) is 2. The molecule has 4 aromatic carbocycles. The van der Waals surface area contributed by atoms with Crippen molar-refractivity contribution >= 4 is 44.3 Å². The minimum absolute atomic E-state index is 0.685. The molecule has 1 saturated heterocycles. The maximum atomic E-state index is 6.29. The summed E-state index contributed by atoms with van der Waals surface area (Å²) < 4.78 is 13.4. The van der Waals surface area contributed by atoms with Gasteiger partial charge in [0.25, 0.3) is 0 Å². The summed E-state index contributed by atoms with van der Waals surface area (Å²) in [7, 11) is 0. The van der Waals surface area contributed by atoms with Crippen LogP contribution in [0.5, 0.6) is 5.75 Å². The van der Waals surface area contributed by atoms with E-state index >= 15 is 0 Å². The third kappa shape index (κ3) is 4.15. The maximum Gasteiger partial charge on any atom is 0.139 e. The van der Waals surface area contributed by atoms with Crippen molar-refractivity contribution in [3.63, 3.8) is 0 Å². The topological polar surface area (TPSA) is 22.4 Å². The van der Waals surface area contributed by atoms with E-state index in [-0.39, 0.29) is 0 Å². The number of rotatable bonds is 6. The fourth-order valence-corrected chi connectivity index (χ4v) is 5.78. The number of hydrogen-bond donors (Lipinski definition) is 0. The first kappa shape index (κ1) is 21.5. The van der Waals surface area contributed by atoms with E-state index in [4.69, 9.17) is 20.8 Å². The number of likely N-dealkylation sites (tertiary alicyclic amines) is 1. The Morgan fingerprint density at radius 1 is 0.765 bits per heavy atom. The van der Waals surface area contributed by atoms with Crippen LogP contribution >= 0.6 is 11.6 Å². The molecule has 1 aliphatic heterocycles. The Hall–Kier alpha value is -3.01. The first-order chi connectivity index (χ1) is 16.7. The zero-order valence-corrected chi connectivity index (χ0v) is 20.1. The van der Waals surface area contributed by atoms with Crippen LogP contribution in [0.25, 0.3) is 32.7 Å². The molecule has 4 heteroatoms. The number of halogens is 1. The van der Waals surface area contributed by atoms with Gasteiger partial charge in [-0.1, -0.05) is 54.1 Å². The van der Waals surface area contributed by atoms with E-state index in [1.807, 2.05) is 24.3 Å². The second-order valence-corrected chi connectivity index (χ2v) is 10.1. The van der Waals surface area contributed by atoms with Gasteiger partial charge in [0.2, 0.25) is 0 Å². The molecule has 34 heavy (non-hydrogen) atoms. The number of fused-ring (bicyclic) bond motifs is 4. The number of benzene rings is 4. The highest BCUT2D eigenvalue weighted by molar-refractivity contribution is 6.31. The number of ether oxygens (including phenoxy) is 1. The highest BCUT2D eigenvalue weighted by Crippen LogP contribution is 2.33. The van der Waals surface area contributed by atoms with Gasteiger partial charge in [0.15, 0.2) is 0 Å². The van der Waals surface area contributed by atoms with Crippen LogP contribution in [0.2, 0.25) is 5.02 Å². The number of piperidine rings is 1. The Balaban J connectivity index is 1.21. The normalized spacial score (nSPS) is 15.8. The van der Waals surface area contributed by atoms with Crippen LogP contribution in [-0.2, 0) is 6.54 Å². The molecule has 172 valence electrons. The predicted molar refractivity (Wildman–Crippen MR) is 141 cm³/mol. The first-order valence-corrected chi connectivity index (χ1v) is 12.6. The molecule has 1 fully saturated rings. The highest BCUT2D eigenvalue weighted by Gasteiger charge is 2.30. The number of furan rings is 1. The van der Waals surface area contributed by atoms with E-state index in [9.17, 15) is 0 Å². The van der Waals surface area contributed by atoms with Crippen molar-refractivity contribution in [1.29, 1.82) is 0 Å². The van der Waals surface area contributed by atoms with Gasteiger partial charge < -0.3 is 13.6 Å². The molecule has 3 nitrogen and oxygen atoms in total. The molecule has 0 N–H and O–H groups in total. The summed E-state index contributed by atoms with van der Waals surface area (Å²) in [5.74, 6) is 0.859. The van der Waals surface area contributed by atoms with Gasteiger partial charge in [0.05, 0.1) is 13.1 Å². The van der Waals surface area contributed by atoms with Crippen molar-refractivity contribution in [3.05, 3.63) is 89.4 Å². The van der Waals surface area contributed by atoms with Gasteiger partial charge in [-0.05, 0) is 54.3 Å². The lowest BCUT2D eigenvalue weighted by Gasteiger charge is -2.41. The Morgan fingerprint density at radius 3 is 2.41 bits per heavy atom. The van der Waals surface area contributed by atoms with Crippen molar-refractivity contribution < 1.29 is 13.6 Å². The molecule has 0 unspecified atom stereocenters. The van der Waals surface area contributed by atoms with Gasteiger partial charge in [0, 0.05) is 33.5 Å². The van der Waals surface area contributed by atoms with E-state index in [0.717, 1.165) is 45.3 Å². The third-order valence-corrected chi connectivity index (χ3v) is 7.63. The zero-order valence-electron chi connectivity index (χ0n) is 19.3. The molecular formula is C30H29ClNO2+. The van der Waals surface area contributed by atoms with Crippen LogP contribution in [0.15, 0.2) is 83.3 Å². The highest BCUT2D eigenvalue weighted by atomic mass is 35.5. The Kier molecular flexibility index (Phi) is 5.68. The minimum Gasteiger partial charge on any atom is -0.488 e. The van der Waals surface area contributed by atoms with Gasteiger partial charge in [-0.25, -0.2) is 0 Å². The van der Waals surface area contributed by atoms with Crippen LogP contribution in [0, 0.1) is 0 Å². The zero-order chi connectivity index (χ0) is 23.0. The molecule has 0 aliphatic carbocycles. The number of nitrogens with zero attached hydrogens (tertiary/aromatic N) is 1. The molecule has 1 aromatic heterocycles. The first-order valence-electron chi connectivity index (χ1n) is 12.3. The second-order valence-electron chi connectivity index (χ2n) is 9.62. The van der Waals surface area contributed by atoms with Crippen molar-refractivity contribution in [3.8, 4) is 5.75 Å². The summed E-state index contributed by atoms with van der Waals surface area (Å²) in [6.07, 6.45) is 3.92. The average molecular weight is 471 g/mol. The van der Waals surface area contributed by atoms with Crippen molar-refractivity contribution in [1.82, 2.24) is 0 Å². The molecular weight excluding hydrogens is 442 g/mol. The van der Waals surface area contributed by atoms with Crippen molar-refractivity contribution in [2.24, 2.45) is 0 Å². The summed E-state index contributed by atoms with van der Waals surface area (Å²) >= 11 is 6.14. The van der Waals surface area contributed by atoms with Crippen LogP contribution in [0.3, 0.4) is 0 Å². The Morgan fingerprint density at radius 2 is 1.53 bits per heavy atom. The summed E-state index contributed by atoms with van der Waals surface area (Å²) in [5, 5.41) is 5.56. The van der Waals surface area contributed by atoms with Gasteiger partial charge in [-0.15, -0.1) is 0 Å². The molecule has 0 spiro atoms. The fraction of sp³-hybridized carbons (Fsp3) is 0.267. The predicted octanol–water partition coefficient (Wildman–Crippen LogP) is 7.97. The third-order valence-electron chi connectivity index (χ3n) is 7.39. The Bertz CT molecular complexity index is 1460. The van der Waals surface area contributed by atoms with E-state index < -0.39 is 0 Å². The van der Waals surface area contributed by atoms with Crippen molar-refractivity contribution in [2.75, 3.05) is 26.2 Å². The summed E-state index contributed by atoms with van der Waals surface area (Å²) in [5.41, 5.74) is 3.10. The lowest BCUT2D eigenvalue weighted by Crippen LogP contribution is -2.52. The van der Waals surface area contributed by atoms with E-state index in [1.54, 1.807) is 0 Å². The Labute approximate surface area is 205 Å². The lowest BCUT2D eigenvalue weighted by atomic mass is 10.0. The molecule has 2 heterocycles. The molecule has 0 atom stereocenters. The smallest absolute Gasteiger partial charge is 0.139 e. The molecule has 5 aromatic rings. The maximum absolute atomic E-state index is 6.29. The molecule has 1 aliphatic rings. The monoisotopic (exact) mass is 470 g/mol. The summed E-state index contributed by atoms with van der Waals surface area (Å²) in [4.78, 5) is 0. The molecule has 6 rings (SSSR count). The van der Waals surface area contributed by atoms with E-state index in [0.29, 0.717) is 11.6 Å². The standard InChI is InChI=1S/C30H29ClNO2/c31-24-11-13-27-28-14-12-25(20-30(28)34-29(27)19-24)33-18-17-32(15-4-1-5-16-32)21-23-9-6-8-22-7-2-3-10-26(22)23/h2-3,6-14,19-20H,1,4-5,15-18,21H2/q+1. The average Bonchev–Trinajstić information content (AvgIpc) is 3.21. The summed E-state index contributed by atoms with van der Waals surface area (Å²) in [6, 6.07) is 27.4. The largest absolute Gasteiger partial charge is 0.488 e. The molecule has 0 amide bonds.